The molecule has 0 unspecified atom stereocenters. The van der Waals surface area contributed by atoms with E-state index in [4.69, 9.17) is 15.3 Å². The molecule has 80 valence electrons. The monoisotopic (exact) mass is 319 g/mol. The van der Waals surface area contributed by atoms with Gasteiger partial charge in [-0.2, -0.15) is 27.7 Å². The summed E-state index contributed by atoms with van der Waals surface area (Å²) in [6.07, 6.45) is 0. The first-order valence-corrected chi connectivity index (χ1v) is 3.39. The van der Waals surface area contributed by atoms with E-state index in [0.717, 1.165) is 0 Å². The molecule has 4 nitrogen and oxygen atoms in total. The third kappa shape index (κ3) is 4230. The number of nitrogens with zero attached hydrogens (tertiary/aromatic N) is 1. The predicted molar refractivity (Wildman–Crippen MR) is 52.9 cm³/mol. The summed E-state index contributed by atoms with van der Waals surface area (Å²) in [4.78, 5) is 8.36. The second kappa shape index (κ2) is 132. The van der Waals surface area contributed by atoms with Gasteiger partial charge < -0.3 is 32.9 Å². The summed E-state index contributed by atoms with van der Waals surface area (Å²) in [7, 11) is 0. The maximum Gasteiger partial charge on any atom is 4.00 e. The van der Waals surface area contributed by atoms with Gasteiger partial charge in [-0.3, -0.25) is 0 Å². The molecule has 0 spiro atoms. The molecule has 0 aliphatic carbocycles. The van der Waals surface area contributed by atoms with Crippen molar-refractivity contribution in [1.82, 2.24) is 0 Å². The zero-order chi connectivity index (χ0) is 11.6. The standard InChI is InChI=1S/4C2H5.Ce.HNO3/c4*1-2;;2-1(3)4/h4*1H2,2H3;;(H,2,3,4)/q4*-1;+4;. The van der Waals surface area contributed by atoms with Gasteiger partial charge in [0.15, 0.2) is 0 Å². The smallest absolute Gasteiger partial charge is 0.346 e. The van der Waals surface area contributed by atoms with Crippen LogP contribution in [0.15, 0.2) is 0 Å². The molecule has 0 radical (unpaired) electrons. The van der Waals surface area contributed by atoms with Gasteiger partial charge in [0, 0.05) is 0 Å². The number of hydrogen-bond donors (Lipinski definition) is 1. The zero-order valence-electron chi connectivity index (χ0n) is 9.04. The first-order valence-electron chi connectivity index (χ1n) is 3.39. The quantitative estimate of drug-likeness (QED) is 0.424. The van der Waals surface area contributed by atoms with Crippen LogP contribution in [0.4, 0.5) is 0 Å². The largest absolute Gasteiger partial charge is 4.00 e. The van der Waals surface area contributed by atoms with E-state index in [1.807, 2.05) is 0 Å². The van der Waals surface area contributed by atoms with Crippen molar-refractivity contribution in [3.8, 4) is 0 Å². The molecule has 0 aromatic rings. The maximum atomic E-state index is 8.36. The van der Waals surface area contributed by atoms with E-state index in [2.05, 4.69) is 27.7 Å². The van der Waals surface area contributed by atoms with E-state index in [-0.39, 0.29) is 41.7 Å². The van der Waals surface area contributed by atoms with Gasteiger partial charge in [0.25, 0.3) is 5.09 Å². The van der Waals surface area contributed by atoms with Gasteiger partial charge in [0.05, 0.1) is 0 Å². The van der Waals surface area contributed by atoms with E-state index in [1.165, 1.54) is 0 Å². The summed E-state index contributed by atoms with van der Waals surface area (Å²) in [6, 6.07) is 0. The SMILES string of the molecule is O=[N+]([O-])O.[CH2-]C.[CH2-]C.[CH2-]C.[CH2-]C.[Ce+4]. The third-order valence-electron chi connectivity index (χ3n) is 0. The van der Waals surface area contributed by atoms with Gasteiger partial charge in [-0.25, -0.2) is 0 Å². The molecule has 13 heavy (non-hydrogen) atoms. The van der Waals surface area contributed by atoms with Crippen molar-refractivity contribution >= 4 is 0 Å². The predicted octanol–water partition coefficient (Wildman–Crippen LogP) is 3.01. The summed E-state index contributed by atoms with van der Waals surface area (Å²) in [5.41, 5.74) is 0. The van der Waals surface area contributed by atoms with Crippen molar-refractivity contribution in [2.45, 2.75) is 27.7 Å². The van der Waals surface area contributed by atoms with Gasteiger partial charge in [-0.1, -0.05) is 0 Å². The number of hydrogen-bond acceptors (Lipinski definition) is 2. The molecular formula is C8H21CeNO3. The third-order valence-corrected chi connectivity index (χ3v) is 0. The second-order valence-electron chi connectivity index (χ2n) is 0.238. The van der Waals surface area contributed by atoms with E-state index < -0.39 is 5.09 Å². The second-order valence-corrected chi connectivity index (χ2v) is 0.238. The van der Waals surface area contributed by atoms with Gasteiger partial charge >= 0.3 is 41.7 Å². The fraction of sp³-hybridized carbons (Fsp3) is 0.500. The molecule has 0 saturated heterocycles. The first-order chi connectivity index (χ1) is 5.73. The average molecular weight is 319 g/mol. The zero-order valence-corrected chi connectivity index (χ0v) is 12.2. The van der Waals surface area contributed by atoms with Gasteiger partial charge in [-0.15, -0.1) is 10.1 Å². The van der Waals surface area contributed by atoms with Crippen LogP contribution in [0.3, 0.4) is 0 Å². The Labute approximate surface area is 117 Å². The van der Waals surface area contributed by atoms with Crippen LogP contribution in [0.5, 0.6) is 0 Å². The van der Waals surface area contributed by atoms with Crippen molar-refractivity contribution < 1.29 is 52.0 Å². The topological polar surface area (TPSA) is 63.4 Å². The van der Waals surface area contributed by atoms with Crippen LogP contribution in [0.25, 0.3) is 0 Å². The Kier molecular flexibility index (Phi) is 379. The minimum absolute atomic E-state index is 0. The molecule has 0 saturated carbocycles. The molecular weight excluding hydrogens is 298 g/mol. The van der Waals surface area contributed by atoms with Crippen molar-refractivity contribution in [3.63, 3.8) is 0 Å². The van der Waals surface area contributed by atoms with Crippen LogP contribution in [0.2, 0.25) is 0 Å². The van der Waals surface area contributed by atoms with Crippen LogP contribution in [0.1, 0.15) is 27.7 Å². The molecule has 0 heterocycles. The molecule has 0 aromatic heterocycles. The van der Waals surface area contributed by atoms with E-state index in [9.17, 15) is 0 Å². The molecule has 1 N–H and O–H groups in total. The maximum absolute atomic E-state index is 8.36. The minimum Gasteiger partial charge on any atom is -0.346 e. The molecule has 0 fully saturated rings. The van der Waals surface area contributed by atoms with Gasteiger partial charge in [0.2, 0.25) is 0 Å². The molecule has 0 aliphatic rings. The van der Waals surface area contributed by atoms with E-state index in [1.54, 1.807) is 27.7 Å². The van der Waals surface area contributed by atoms with Gasteiger partial charge in [0.1, 0.15) is 0 Å². The van der Waals surface area contributed by atoms with Crippen molar-refractivity contribution in [2.75, 3.05) is 0 Å². The van der Waals surface area contributed by atoms with Crippen LogP contribution in [-0.4, -0.2) is 10.3 Å². The Morgan fingerprint density at radius 2 is 0.923 bits per heavy atom. The van der Waals surface area contributed by atoms with Crippen molar-refractivity contribution in [2.24, 2.45) is 0 Å². The minimum atomic E-state index is -1.50. The van der Waals surface area contributed by atoms with Crippen LogP contribution in [0, 0.1) is 79.6 Å². The molecule has 0 amide bonds. The normalized spacial score (nSPS) is 3.69. The Hall–Kier alpha value is 0.577. The Morgan fingerprint density at radius 1 is 0.923 bits per heavy atom. The molecule has 0 rings (SSSR count). The first kappa shape index (κ1) is 37.4. The van der Waals surface area contributed by atoms with Crippen molar-refractivity contribution in [3.05, 3.63) is 37.8 Å². The molecule has 0 aliphatic heterocycles. The summed E-state index contributed by atoms with van der Waals surface area (Å²) >= 11 is 0. The Morgan fingerprint density at radius 3 is 0.923 bits per heavy atom. The van der Waals surface area contributed by atoms with E-state index >= 15 is 0 Å². The van der Waals surface area contributed by atoms with Crippen LogP contribution in [-0.2, 0) is 0 Å². The fourth-order valence-electron chi connectivity index (χ4n) is 0. The van der Waals surface area contributed by atoms with E-state index in [0.29, 0.717) is 0 Å². The Bertz CT molecular complexity index is 42.4. The molecule has 0 aromatic carbocycles. The fourth-order valence-corrected chi connectivity index (χ4v) is 0. The number of rotatable bonds is 0. The van der Waals surface area contributed by atoms with Crippen molar-refractivity contribution in [1.29, 1.82) is 0 Å². The van der Waals surface area contributed by atoms with Crippen LogP contribution < -0.4 is 0 Å². The average Bonchev–Trinajstić information content (AvgIpc) is 2.16. The van der Waals surface area contributed by atoms with Gasteiger partial charge in [-0.05, 0) is 0 Å². The Balaban J connectivity index is -0.0000000122. The summed E-state index contributed by atoms with van der Waals surface area (Å²) in [5, 5.41) is 13.6. The molecule has 5 heteroatoms. The van der Waals surface area contributed by atoms with Crippen LogP contribution >= 0.6 is 0 Å². The molecule has 0 bridgehead atoms. The summed E-state index contributed by atoms with van der Waals surface area (Å²) in [5.74, 6) is 0. The summed E-state index contributed by atoms with van der Waals surface area (Å²) in [6.45, 7) is 20.0. The molecule has 0 atom stereocenters. The summed E-state index contributed by atoms with van der Waals surface area (Å²) < 4.78 is 0.